The van der Waals surface area contributed by atoms with E-state index in [1.54, 1.807) is 36.7 Å². The van der Waals surface area contributed by atoms with Crippen LogP contribution < -0.4 is 10.1 Å². The Kier molecular flexibility index (Phi) is 5.31. The van der Waals surface area contributed by atoms with Crippen molar-refractivity contribution in [3.63, 3.8) is 0 Å². The van der Waals surface area contributed by atoms with E-state index >= 15 is 0 Å². The van der Waals surface area contributed by atoms with E-state index in [-0.39, 0.29) is 18.0 Å². The van der Waals surface area contributed by atoms with E-state index in [4.69, 9.17) is 4.74 Å². The molecule has 0 unspecified atom stereocenters. The third kappa shape index (κ3) is 3.97. The van der Waals surface area contributed by atoms with Crippen LogP contribution in [0.15, 0.2) is 54.9 Å². The topological polar surface area (TPSA) is 74.7 Å². The second kappa shape index (κ2) is 7.63. The van der Waals surface area contributed by atoms with Gasteiger partial charge in [-0.25, -0.2) is 0 Å². The molecule has 0 spiro atoms. The Hall–Kier alpha value is -2.44. The molecule has 1 heterocycles. The van der Waals surface area contributed by atoms with Gasteiger partial charge >= 0.3 is 0 Å². The lowest BCUT2D eigenvalue weighted by atomic mass is 10.1. The zero-order valence-corrected chi connectivity index (χ0v) is 14.4. The standard InChI is InChI=1S/C19H23N3O3/c1-22(2)17-15(21-19(24)13-7-4-3-5-8-13)11-16(18(17)23)25-14-9-6-10-20-12-14/h3-10,12,15-18,23H,11H2,1-2H3,(H,21,24)/t15-,16-,17+,18+/m1/s1. The van der Waals surface area contributed by atoms with Crippen molar-refractivity contribution in [2.24, 2.45) is 0 Å². The number of likely N-dealkylation sites (N-methyl/N-ethyl adjacent to an activating group) is 1. The molecule has 0 radical (unpaired) electrons. The second-order valence-corrected chi connectivity index (χ2v) is 6.47. The first-order valence-electron chi connectivity index (χ1n) is 8.33. The van der Waals surface area contributed by atoms with Crippen LogP contribution in [-0.2, 0) is 0 Å². The number of pyridine rings is 1. The van der Waals surface area contributed by atoms with Crippen molar-refractivity contribution >= 4 is 5.91 Å². The summed E-state index contributed by atoms with van der Waals surface area (Å²) < 4.78 is 5.90. The summed E-state index contributed by atoms with van der Waals surface area (Å²) in [5, 5.41) is 13.7. The zero-order chi connectivity index (χ0) is 17.8. The van der Waals surface area contributed by atoms with Crippen molar-refractivity contribution < 1.29 is 14.6 Å². The van der Waals surface area contributed by atoms with E-state index < -0.39 is 12.2 Å². The third-order valence-corrected chi connectivity index (χ3v) is 4.50. The molecule has 1 amide bonds. The SMILES string of the molecule is CN(C)[C@@H]1[C@@H](O)[C@H](Oc2cccnc2)C[C@H]1NC(=O)c1ccccc1. The molecule has 1 aromatic carbocycles. The van der Waals surface area contributed by atoms with Gasteiger partial charge < -0.3 is 20.1 Å². The summed E-state index contributed by atoms with van der Waals surface area (Å²) in [4.78, 5) is 18.4. The molecular formula is C19H23N3O3. The lowest BCUT2D eigenvalue weighted by Gasteiger charge is -2.29. The highest BCUT2D eigenvalue weighted by molar-refractivity contribution is 5.94. The molecule has 0 bridgehead atoms. The number of rotatable bonds is 5. The highest BCUT2D eigenvalue weighted by Gasteiger charge is 2.45. The van der Waals surface area contributed by atoms with Crippen LogP contribution in [0.25, 0.3) is 0 Å². The molecule has 1 aliphatic carbocycles. The van der Waals surface area contributed by atoms with Crippen molar-refractivity contribution in [1.29, 1.82) is 0 Å². The first-order chi connectivity index (χ1) is 12.1. The van der Waals surface area contributed by atoms with Crippen LogP contribution in [0, 0.1) is 0 Å². The highest BCUT2D eigenvalue weighted by atomic mass is 16.5. The maximum absolute atomic E-state index is 12.5. The fraction of sp³-hybridized carbons (Fsp3) is 0.368. The minimum Gasteiger partial charge on any atom is -0.486 e. The van der Waals surface area contributed by atoms with E-state index in [9.17, 15) is 9.90 Å². The number of hydrogen-bond acceptors (Lipinski definition) is 5. The number of carbonyl (C=O) groups is 1. The fourth-order valence-corrected chi connectivity index (χ4v) is 3.35. The maximum atomic E-state index is 12.5. The van der Waals surface area contributed by atoms with Crippen molar-refractivity contribution in [3.05, 3.63) is 60.4 Å². The molecule has 6 heteroatoms. The Morgan fingerprint density at radius 1 is 1.24 bits per heavy atom. The monoisotopic (exact) mass is 341 g/mol. The molecule has 1 saturated carbocycles. The van der Waals surface area contributed by atoms with Crippen LogP contribution in [-0.4, -0.2) is 59.3 Å². The van der Waals surface area contributed by atoms with Crippen molar-refractivity contribution in [1.82, 2.24) is 15.2 Å². The zero-order valence-electron chi connectivity index (χ0n) is 14.4. The summed E-state index contributed by atoms with van der Waals surface area (Å²) in [6, 6.07) is 12.2. The van der Waals surface area contributed by atoms with E-state index in [0.717, 1.165) is 0 Å². The van der Waals surface area contributed by atoms with Gasteiger partial charge in [0.1, 0.15) is 18.0 Å². The Bertz CT molecular complexity index is 694. The Balaban J connectivity index is 1.72. The summed E-state index contributed by atoms with van der Waals surface area (Å²) in [5.74, 6) is 0.464. The van der Waals surface area contributed by atoms with E-state index in [1.165, 1.54) is 0 Å². The third-order valence-electron chi connectivity index (χ3n) is 4.50. The van der Waals surface area contributed by atoms with Gasteiger partial charge in [0, 0.05) is 18.2 Å². The van der Waals surface area contributed by atoms with Gasteiger partial charge in [0.05, 0.1) is 18.3 Å². The Morgan fingerprint density at radius 2 is 2.00 bits per heavy atom. The molecule has 2 N–H and O–H groups in total. The first kappa shape index (κ1) is 17.4. The number of benzene rings is 1. The largest absolute Gasteiger partial charge is 0.486 e. The molecular weight excluding hydrogens is 318 g/mol. The number of nitrogens with one attached hydrogen (secondary N) is 1. The van der Waals surface area contributed by atoms with Gasteiger partial charge in [-0.15, -0.1) is 0 Å². The number of carbonyl (C=O) groups excluding carboxylic acids is 1. The molecule has 1 aromatic heterocycles. The summed E-state index contributed by atoms with van der Waals surface area (Å²) >= 11 is 0. The summed E-state index contributed by atoms with van der Waals surface area (Å²) in [7, 11) is 3.78. The Morgan fingerprint density at radius 3 is 2.64 bits per heavy atom. The summed E-state index contributed by atoms with van der Waals surface area (Å²) in [6.07, 6.45) is 2.70. The number of nitrogens with zero attached hydrogens (tertiary/aromatic N) is 2. The molecule has 0 saturated heterocycles. The lowest BCUT2D eigenvalue weighted by molar-refractivity contribution is 0.0209. The van der Waals surface area contributed by atoms with Crippen LogP contribution in [0.2, 0.25) is 0 Å². The van der Waals surface area contributed by atoms with Gasteiger partial charge in [-0.05, 0) is 38.4 Å². The summed E-state index contributed by atoms with van der Waals surface area (Å²) in [6.45, 7) is 0. The van der Waals surface area contributed by atoms with Gasteiger partial charge in [-0.1, -0.05) is 18.2 Å². The number of amides is 1. The number of aromatic nitrogens is 1. The van der Waals surface area contributed by atoms with Crippen molar-refractivity contribution in [2.45, 2.75) is 30.7 Å². The second-order valence-electron chi connectivity index (χ2n) is 6.47. The minimum atomic E-state index is -0.712. The van der Waals surface area contributed by atoms with E-state index in [1.807, 2.05) is 37.2 Å². The maximum Gasteiger partial charge on any atom is 0.251 e. The predicted octanol–water partition coefficient (Wildman–Crippen LogP) is 1.32. The number of ether oxygens (including phenoxy) is 1. The number of hydrogen-bond donors (Lipinski definition) is 2. The van der Waals surface area contributed by atoms with Crippen molar-refractivity contribution in [3.8, 4) is 5.75 Å². The first-order valence-corrected chi connectivity index (χ1v) is 8.33. The summed E-state index contributed by atoms with van der Waals surface area (Å²) in [5.41, 5.74) is 0.603. The molecule has 6 nitrogen and oxygen atoms in total. The minimum absolute atomic E-state index is 0.147. The average Bonchev–Trinajstić information content (AvgIpc) is 2.92. The van der Waals surface area contributed by atoms with Gasteiger partial charge in [0.25, 0.3) is 5.91 Å². The molecule has 3 rings (SSSR count). The molecule has 4 atom stereocenters. The van der Waals surface area contributed by atoms with Crippen molar-refractivity contribution in [2.75, 3.05) is 14.1 Å². The lowest BCUT2D eigenvalue weighted by Crippen LogP contribution is -2.50. The molecule has 1 fully saturated rings. The van der Waals surface area contributed by atoms with Gasteiger partial charge in [-0.2, -0.15) is 0 Å². The van der Waals surface area contributed by atoms with E-state index in [2.05, 4.69) is 10.3 Å². The smallest absolute Gasteiger partial charge is 0.251 e. The van der Waals surface area contributed by atoms with Crippen LogP contribution in [0.4, 0.5) is 0 Å². The quantitative estimate of drug-likeness (QED) is 0.858. The van der Waals surface area contributed by atoms with Crippen LogP contribution in [0.5, 0.6) is 5.75 Å². The van der Waals surface area contributed by atoms with E-state index in [0.29, 0.717) is 17.7 Å². The molecule has 2 aromatic rings. The van der Waals surface area contributed by atoms with Gasteiger partial charge in [0.2, 0.25) is 0 Å². The normalized spacial score (nSPS) is 25.8. The fourth-order valence-electron chi connectivity index (χ4n) is 3.35. The Labute approximate surface area is 147 Å². The average molecular weight is 341 g/mol. The number of aliphatic hydroxyl groups is 1. The van der Waals surface area contributed by atoms with Crippen LogP contribution >= 0.6 is 0 Å². The van der Waals surface area contributed by atoms with Crippen LogP contribution in [0.1, 0.15) is 16.8 Å². The predicted molar refractivity (Wildman–Crippen MR) is 94.4 cm³/mol. The highest BCUT2D eigenvalue weighted by Crippen LogP contribution is 2.28. The molecule has 25 heavy (non-hydrogen) atoms. The molecule has 0 aliphatic heterocycles. The molecule has 1 aliphatic rings. The van der Waals surface area contributed by atoms with Gasteiger partial charge in [-0.3, -0.25) is 9.78 Å². The van der Waals surface area contributed by atoms with Crippen LogP contribution in [0.3, 0.4) is 0 Å². The number of aliphatic hydroxyl groups excluding tert-OH is 1. The molecule has 132 valence electrons. The van der Waals surface area contributed by atoms with Gasteiger partial charge in [0.15, 0.2) is 0 Å².